The van der Waals surface area contributed by atoms with Crippen LogP contribution < -0.4 is 9.47 Å². The van der Waals surface area contributed by atoms with Crippen LogP contribution in [0.4, 0.5) is 11.4 Å². The molecule has 0 aliphatic heterocycles. The molecule has 0 spiro atoms. The van der Waals surface area contributed by atoms with Gasteiger partial charge in [-0.15, -0.1) is 0 Å². The minimum Gasteiger partial charge on any atom is -0.494 e. The summed E-state index contributed by atoms with van der Waals surface area (Å²) in [6.07, 6.45) is 3.75. The van der Waals surface area contributed by atoms with Gasteiger partial charge in [0.25, 0.3) is 0 Å². The summed E-state index contributed by atoms with van der Waals surface area (Å²) in [6.45, 7) is 5.27. The van der Waals surface area contributed by atoms with Crippen molar-refractivity contribution in [2.24, 2.45) is 9.98 Å². The van der Waals surface area contributed by atoms with Crippen molar-refractivity contribution >= 4 is 23.8 Å². The molecule has 0 saturated heterocycles. The average Bonchev–Trinajstić information content (AvgIpc) is 2.89. The van der Waals surface area contributed by atoms with E-state index in [0.717, 1.165) is 45.1 Å². The molecular formula is C30H28N2O2. The van der Waals surface area contributed by atoms with Crippen molar-refractivity contribution in [1.82, 2.24) is 0 Å². The van der Waals surface area contributed by atoms with Crippen LogP contribution in [0.5, 0.6) is 11.5 Å². The molecule has 0 aliphatic carbocycles. The van der Waals surface area contributed by atoms with Crippen LogP contribution in [0.15, 0.2) is 107 Å². The van der Waals surface area contributed by atoms with Crippen LogP contribution in [0.25, 0.3) is 11.1 Å². The van der Waals surface area contributed by atoms with E-state index in [-0.39, 0.29) is 0 Å². The summed E-state index contributed by atoms with van der Waals surface area (Å²) >= 11 is 0. The number of rotatable bonds is 9. The highest BCUT2D eigenvalue weighted by Crippen LogP contribution is 2.36. The molecule has 0 bridgehead atoms. The Hall–Kier alpha value is -4.18. The van der Waals surface area contributed by atoms with Crippen molar-refractivity contribution in [3.63, 3.8) is 0 Å². The predicted octanol–water partition coefficient (Wildman–Crippen LogP) is 7.65. The fourth-order valence-corrected chi connectivity index (χ4v) is 3.55. The first-order valence-electron chi connectivity index (χ1n) is 11.5. The van der Waals surface area contributed by atoms with Gasteiger partial charge in [0.1, 0.15) is 11.5 Å². The molecular weight excluding hydrogens is 420 g/mol. The van der Waals surface area contributed by atoms with Gasteiger partial charge in [0, 0.05) is 23.6 Å². The maximum atomic E-state index is 5.52. The summed E-state index contributed by atoms with van der Waals surface area (Å²) in [5.74, 6) is 1.72. The zero-order valence-corrected chi connectivity index (χ0v) is 19.5. The molecule has 0 amide bonds. The van der Waals surface area contributed by atoms with E-state index in [1.807, 2.05) is 111 Å². The molecule has 4 aromatic rings. The quantitative estimate of drug-likeness (QED) is 0.247. The van der Waals surface area contributed by atoms with Gasteiger partial charge in [-0.05, 0) is 85.6 Å². The minimum absolute atomic E-state index is 0.654. The van der Waals surface area contributed by atoms with E-state index >= 15 is 0 Å². The lowest BCUT2D eigenvalue weighted by Gasteiger charge is -2.09. The maximum absolute atomic E-state index is 5.52. The second-order valence-corrected chi connectivity index (χ2v) is 7.55. The SMILES string of the molecule is CCOc1ccc(C=Nc2ccccc2-c2ccccc2N=Cc2ccc(OCC)cc2)cc1. The Balaban J connectivity index is 1.59. The number of nitrogens with zero attached hydrogens (tertiary/aromatic N) is 2. The first-order chi connectivity index (χ1) is 16.8. The van der Waals surface area contributed by atoms with E-state index in [9.17, 15) is 0 Å². The third-order valence-electron chi connectivity index (χ3n) is 5.19. The smallest absolute Gasteiger partial charge is 0.119 e. The standard InChI is InChI=1S/C30H28N2O2/c1-3-33-25-17-13-23(14-18-25)21-31-29-11-7-5-9-27(29)28-10-6-8-12-30(28)32-22-24-15-19-26(20-16-24)34-4-2/h5-22H,3-4H2,1-2H3. The summed E-state index contributed by atoms with van der Waals surface area (Å²) in [5, 5.41) is 0. The molecule has 0 N–H and O–H groups in total. The number of aliphatic imine (C=N–C) groups is 2. The number of benzene rings is 4. The molecule has 4 rings (SSSR count). The van der Waals surface area contributed by atoms with Gasteiger partial charge in [0.05, 0.1) is 24.6 Å². The van der Waals surface area contributed by atoms with Crippen molar-refractivity contribution in [2.75, 3.05) is 13.2 Å². The molecule has 0 aliphatic rings. The van der Waals surface area contributed by atoms with E-state index in [2.05, 4.69) is 12.1 Å². The zero-order valence-electron chi connectivity index (χ0n) is 19.5. The van der Waals surface area contributed by atoms with Crippen LogP contribution in [0.1, 0.15) is 25.0 Å². The molecule has 0 radical (unpaired) electrons. The van der Waals surface area contributed by atoms with Gasteiger partial charge in [-0.25, -0.2) is 0 Å². The van der Waals surface area contributed by atoms with E-state index in [4.69, 9.17) is 19.5 Å². The first-order valence-corrected chi connectivity index (χ1v) is 11.5. The number of hydrogen-bond acceptors (Lipinski definition) is 4. The average molecular weight is 449 g/mol. The largest absolute Gasteiger partial charge is 0.494 e. The summed E-state index contributed by atoms with van der Waals surface area (Å²) in [6, 6.07) is 32.1. The molecule has 4 heteroatoms. The molecule has 34 heavy (non-hydrogen) atoms. The molecule has 0 aromatic heterocycles. The molecule has 0 saturated carbocycles. The van der Waals surface area contributed by atoms with E-state index in [1.54, 1.807) is 0 Å². The third kappa shape index (κ3) is 5.99. The third-order valence-corrected chi connectivity index (χ3v) is 5.19. The van der Waals surface area contributed by atoms with E-state index < -0.39 is 0 Å². The van der Waals surface area contributed by atoms with Gasteiger partial charge in [-0.2, -0.15) is 0 Å². The molecule has 0 heterocycles. The summed E-state index contributed by atoms with van der Waals surface area (Å²) in [5.41, 5.74) is 5.87. The van der Waals surface area contributed by atoms with Gasteiger partial charge < -0.3 is 9.47 Å². The lowest BCUT2D eigenvalue weighted by molar-refractivity contribution is 0.340. The van der Waals surface area contributed by atoms with Crippen LogP contribution in [0.2, 0.25) is 0 Å². The lowest BCUT2D eigenvalue weighted by atomic mass is 10.0. The second kappa shape index (κ2) is 11.6. The molecule has 4 aromatic carbocycles. The summed E-state index contributed by atoms with van der Waals surface area (Å²) < 4.78 is 11.0. The Labute approximate surface area is 201 Å². The first kappa shape index (κ1) is 23.0. The fraction of sp³-hybridized carbons (Fsp3) is 0.133. The molecule has 0 atom stereocenters. The van der Waals surface area contributed by atoms with E-state index in [1.165, 1.54) is 0 Å². The molecule has 0 unspecified atom stereocenters. The van der Waals surface area contributed by atoms with Crippen LogP contribution in [-0.2, 0) is 0 Å². The van der Waals surface area contributed by atoms with Crippen LogP contribution in [0, 0.1) is 0 Å². The van der Waals surface area contributed by atoms with Gasteiger partial charge in [-0.1, -0.05) is 36.4 Å². The highest BCUT2D eigenvalue weighted by atomic mass is 16.5. The Morgan fingerprint density at radius 1 is 0.529 bits per heavy atom. The van der Waals surface area contributed by atoms with Gasteiger partial charge in [-0.3, -0.25) is 9.98 Å². The van der Waals surface area contributed by atoms with E-state index in [0.29, 0.717) is 13.2 Å². The Kier molecular flexibility index (Phi) is 7.86. The zero-order chi connectivity index (χ0) is 23.6. The highest BCUT2D eigenvalue weighted by molar-refractivity contribution is 5.90. The van der Waals surface area contributed by atoms with Gasteiger partial charge in [0.15, 0.2) is 0 Å². The predicted molar refractivity (Wildman–Crippen MR) is 142 cm³/mol. The normalized spacial score (nSPS) is 11.2. The minimum atomic E-state index is 0.654. The molecule has 170 valence electrons. The Morgan fingerprint density at radius 2 is 0.912 bits per heavy atom. The van der Waals surface area contributed by atoms with Crippen LogP contribution in [0.3, 0.4) is 0 Å². The number of hydrogen-bond donors (Lipinski definition) is 0. The lowest BCUT2D eigenvalue weighted by Crippen LogP contribution is -1.91. The van der Waals surface area contributed by atoms with Crippen molar-refractivity contribution in [2.45, 2.75) is 13.8 Å². The van der Waals surface area contributed by atoms with Crippen molar-refractivity contribution < 1.29 is 9.47 Å². The number of ether oxygens (including phenoxy) is 2. The molecule has 4 nitrogen and oxygen atoms in total. The van der Waals surface area contributed by atoms with Gasteiger partial charge >= 0.3 is 0 Å². The Bertz CT molecular complexity index is 1160. The van der Waals surface area contributed by atoms with Crippen LogP contribution >= 0.6 is 0 Å². The Morgan fingerprint density at radius 3 is 1.29 bits per heavy atom. The topological polar surface area (TPSA) is 43.2 Å². The maximum Gasteiger partial charge on any atom is 0.119 e. The van der Waals surface area contributed by atoms with Crippen molar-refractivity contribution in [3.8, 4) is 22.6 Å². The van der Waals surface area contributed by atoms with Gasteiger partial charge in [0.2, 0.25) is 0 Å². The summed E-state index contributed by atoms with van der Waals surface area (Å²) in [7, 11) is 0. The summed E-state index contributed by atoms with van der Waals surface area (Å²) in [4.78, 5) is 9.57. The number of para-hydroxylation sites is 2. The van der Waals surface area contributed by atoms with Crippen molar-refractivity contribution in [3.05, 3.63) is 108 Å². The monoisotopic (exact) mass is 448 g/mol. The van der Waals surface area contributed by atoms with Crippen molar-refractivity contribution in [1.29, 1.82) is 0 Å². The second-order valence-electron chi connectivity index (χ2n) is 7.55. The van der Waals surface area contributed by atoms with Crippen LogP contribution in [-0.4, -0.2) is 25.6 Å². The molecule has 0 fully saturated rings. The highest BCUT2D eigenvalue weighted by Gasteiger charge is 2.08. The fourth-order valence-electron chi connectivity index (χ4n) is 3.55.